The van der Waals surface area contributed by atoms with E-state index in [1.54, 1.807) is 81.6 Å². The van der Waals surface area contributed by atoms with E-state index in [9.17, 15) is 23.9 Å². The Balaban J connectivity index is 0.00000450. The molecule has 4 aromatic rings. The zero-order valence-electron chi connectivity index (χ0n) is 32.3. The summed E-state index contributed by atoms with van der Waals surface area (Å²) >= 11 is 1.23. The number of likely N-dealkylation sites (N-methyl/N-ethyl adjacent to an activating group) is 1. The highest BCUT2D eigenvalue weighted by Crippen LogP contribution is 2.42. The van der Waals surface area contributed by atoms with E-state index in [1.165, 1.54) is 36.0 Å². The number of hydrogen-bond donors (Lipinski definition) is 2. The van der Waals surface area contributed by atoms with Gasteiger partial charge in [0.15, 0.2) is 11.9 Å². The fourth-order valence-corrected chi connectivity index (χ4v) is 7.06. The molecule has 0 saturated carbocycles. The standard InChI is InChI=1S/C40H41F2N7O6S.2ClH/c1-26(36-46-34(22-56-36)28-12-10-27(19-43)11-13-28)40(53,31-18-30(41)14-15-32(31)42)23-49(25-44-24-45-49)16-17-54-38(52)47-33-9-7-6-8-29(33)21-55-35(50)20-48(5)37(51)39(2,3)4;;/h6-15,18,22,24-26,53H,16-17,20-21,23H2,1-5H3;2*1H/t26-,40+,49?;;/m0../s1. The van der Waals surface area contributed by atoms with Crippen LogP contribution in [0.2, 0.25) is 0 Å². The van der Waals surface area contributed by atoms with Crippen LogP contribution in [0.1, 0.15) is 55.3 Å². The summed E-state index contributed by atoms with van der Waals surface area (Å²) in [6, 6.07) is 18.4. The van der Waals surface area contributed by atoms with Gasteiger partial charge in [0, 0.05) is 40.5 Å². The number of anilines is 1. The summed E-state index contributed by atoms with van der Waals surface area (Å²) < 4.78 is 40.7. The number of carbonyl (C=O) groups excluding carboxylic acids is 3. The minimum absolute atomic E-state index is 0. The first kappa shape index (κ1) is 47.1. The fraction of sp³-hybridized carbons (Fsp3) is 0.325. The first-order valence-electron chi connectivity index (χ1n) is 17.6. The number of quaternary nitrogens is 1. The van der Waals surface area contributed by atoms with Crippen molar-refractivity contribution in [3.05, 3.63) is 105 Å². The van der Waals surface area contributed by atoms with Crippen molar-refractivity contribution in [1.82, 2.24) is 9.88 Å². The monoisotopic (exact) mass is 857 g/mol. The highest BCUT2D eigenvalue weighted by atomic mass is 35.5. The molecular weight excluding hydrogens is 815 g/mol. The maximum absolute atomic E-state index is 15.5. The fourth-order valence-electron chi connectivity index (χ4n) is 6.09. The van der Waals surface area contributed by atoms with Crippen molar-refractivity contribution in [2.45, 2.75) is 45.8 Å². The lowest BCUT2D eigenvalue weighted by molar-refractivity contribution is -0.848. The number of aliphatic imine (C=N–C) groups is 1. The molecule has 3 atom stereocenters. The maximum atomic E-state index is 15.5. The van der Waals surface area contributed by atoms with Crippen molar-refractivity contribution >= 4 is 60.1 Å². The molecule has 13 nitrogen and oxygen atoms in total. The summed E-state index contributed by atoms with van der Waals surface area (Å²) in [5.41, 5.74) is -0.491. The van der Waals surface area contributed by atoms with E-state index in [0.717, 1.165) is 23.8 Å². The summed E-state index contributed by atoms with van der Waals surface area (Å²) in [4.78, 5) is 48.1. The lowest BCUT2D eigenvalue weighted by Crippen LogP contribution is -3.00. The summed E-state index contributed by atoms with van der Waals surface area (Å²) in [6.45, 7) is 5.85. The molecule has 58 heavy (non-hydrogen) atoms. The average Bonchev–Trinajstić information content (AvgIpc) is 3.85. The molecule has 0 radical (unpaired) electrons. The maximum Gasteiger partial charge on any atom is 0.411 e. The summed E-state index contributed by atoms with van der Waals surface area (Å²) in [7, 11) is 1.52. The van der Waals surface area contributed by atoms with Crippen LogP contribution < -0.4 is 17.7 Å². The number of thiazole rings is 1. The van der Waals surface area contributed by atoms with Gasteiger partial charge in [0.05, 0.1) is 28.0 Å². The molecule has 18 heteroatoms. The molecule has 0 fully saturated rings. The Hall–Kier alpha value is -5.31. The number of ether oxygens (including phenoxy) is 2. The highest BCUT2D eigenvalue weighted by Gasteiger charge is 2.49. The molecular formula is C40H43Cl2F2N7O6S. The van der Waals surface area contributed by atoms with Crippen LogP contribution in [0.15, 0.2) is 82.2 Å². The number of nitriles is 1. The van der Waals surface area contributed by atoms with Gasteiger partial charge in [0.2, 0.25) is 12.2 Å². The third-order valence-corrected chi connectivity index (χ3v) is 10.2. The van der Waals surface area contributed by atoms with Crippen molar-refractivity contribution in [3.63, 3.8) is 0 Å². The molecule has 0 saturated heterocycles. The van der Waals surface area contributed by atoms with Gasteiger partial charge < -0.3 is 31.9 Å². The van der Waals surface area contributed by atoms with Crippen LogP contribution in [0.25, 0.3) is 11.3 Å². The van der Waals surface area contributed by atoms with Crippen LogP contribution in [0.4, 0.5) is 19.3 Å². The second-order valence-electron chi connectivity index (χ2n) is 14.4. The van der Waals surface area contributed by atoms with E-state index in [0.29, 0.717) is 27.5 Å². The topological polar surface area (TPSA) is 167 Å². The molecule has 0 aliphatic carbocycles. The number of nitrogens with one attached hydrogen (secondary N) is 1. The predicted molar refractivity (Wildman–Crippen MR) is 213 cm³/mol. The number of esters is 1. The van der Waals surface area contributed by atoms with E-state index >= 15 is 4.39 Å². The molecule has 2 N–H and O–H groups in total. The number of amides is 2. The molecule has 1 aromatic heterocycles. The van der Waals surface area contributed by atoms with Gasteiger partial charge in [-0.15, -0.1) is 28.3 Å². The van der Waals surface area contributed by atoms with Gasteiger partial charge >= 0.3 is 12.1 Å². The largest absolute Gasteiger partial charge is 1.00 e. The number of halogens is 4. The quantitative estimate of drug-likeness (QED) is 0.142. The zero-order chi connectivity index (χ0) is 40.7. The summed E-state index contributed by atoms with van der Waals surface area (Å²) in [6.07, 6.45) is 1.83. The first-order valence-corrected chi connectivity index (χ1v) is 18.4. The number of aliphatic hydroxyl groups is 1. The number of para-hydroxylation sites is 1. The Bertz CT molecular complexity index is 2180. The molecule has 0 bridgehead atoms. The highest BCUT2D eigenvalue weighted by molar-refractivity contribution is 7.10. The lowest BCUT2D eigenvalue weighted by atomic mass is 9.81. The van der Waals surface area contributed by atoms with E-state index in [-0.39, 0.29) is 69.1 Å². The normalized spacial score (nSPS) is 15.8. The molecule has 2 amide bonds. The predicted octanol–water partition coefficient (Wildman–Crippen LogP) is 3.98. The van der Waals surface area contributed by atoms with Crippen molar-refractivity contribution in [2.75, 3.05) is 38.6 Å². The van der Waals surface area contributed by atoms with Crippen LogP contribution in [-0.4, -0.2) is 83.5 Å². The molecule has 5 rings (SSSR count). The second kappa shape index (κ2) is 19.9. The van der Waals surface area contributed by atoms with Gasteiger partial charge in [-0.25, -0.2) is 18.6 Å². The Labute approximate surface area is 351 Å². The van der Waals surface area contributed by atoms with Crippen molar-refractivity contribution < 1.29 is 54.7 Å². The molecule has 1 unspecified atom stereocenters. The van der Waals surface area contributed by atoms with Gasteiger partial charge in [-0.2, -0.15) is 10.3 Å². The third kappa shape index (κ3) is 11.4. The second-order valence-corrected chi connectivity index (χ2v) is 15.3. The van der Waals surface area contributed by atoms with Crippen LogP contribution in [-0.2, 0) is 31.3 Å². The zero-order valence-corrected chi connectivity index (χ0v) is 34.7. The van der Waals surface area contributed by atoms with Gasteiger partial charge in [-0.3, -0.25) is 14.9 Å². The first-order chi connectivity index (χ1) is 26.5. The lowest BCUT2D eigenvalue weighted by Gasteiger charge is -2.38. The van der Waals surface area contributed by atoms with Crippen LogP contribution in [0, 0.1) is 28.4 Å². The van der Waals surface area contributed by atoms with Crippen molar-refractivity contribution in [2.24, 2.45) is 15.5 Å². The van der Waals surface area contributed by atoms with Crippen LogP contribution in [0.5, 0.6) is 0 Å². The smallest absolute Gasteiger partial charge is 0.411 e. The Morgan fingerprint density at radius 1 is 1.07 bits per heavy atom. The molecule has 308 valence electrons. The van der Waals surface area contributed by atoms with Crippen LogP contribution in [0.3, 0.4) is 0 Å². The molecule has 1 aliphatic heterocycles. The summed E-state index contributed by atoms with van der Waals surface area (Å²) in [5.74, 6) is -3.34. The van der Waals surface area contributed by atoms with Crippen molar-refractivity contribution in [1.29, 1.82) is 5.26 Å². The van der Waals surface area contributed by atoms with E-state index in [1.807, 2.05) is 0 Å². The van der Waals surface area contributed by atoms with E-state index < -0.39 is 45.2 Å². The number of aromatic nitrogens is 1. The molecule has 0 spiro atoms. The van der Waals surface area contributed by atoms with Gasteiger partial charge in [-0.05, 0) is 36.4 Å². The number of benzene rings is 3. The Morgan fingerprint density at radius 2 is 1.78 bits per heavy atom. The number of rotatable bonds is 14. The third-order valence-electron chi connectivity index (χ3n) is 9.17. The van der Waals surface area contributed by atoms with Gasteiger partial charge in [0.1, 0.15) is 44.5 Å². The average molecular weight is 859 g/mol. The molecule has 1 aliphatic rings. The minimum Gasteiger partial charge on any atom is -1.00 e. The van der Waals surface area contributed by atoms with E-state index in [4.69, 9.17) is 19.7 Å². The number of hydrogen-bond acceptors (Lipinski definition) is 11. The molecule has 3 aromatic carbocycles. The Kier molecular flexibility index (Phi) is 16.2. The molecule has 2 heterocycles. The van der Waals surface area contributed by atoms with Crippen molar-refractivity contribution in [3.8, 4) is 17.3 Å². The number of nitrogens with zero attached hydrogens (tertiary/aromatic N) is 6. The van der Waals surface area contributed by atoms with E-state index in [2.05, 4.69) is 21.5 Å². The SMILES string of the molecule is C[C@@H](c1nc(-c2ccc(C#N)cc2)cs1)[C@](O)(C[N+]1(CCOC(=O)Nc2ccccc2COC(=O)CN(C)C(=O)C(C)(C)C)C=NC=N1)c1cc(F)ccc1F.Cl.[Cl-]. The number of carbonyl (C=O) groups is 3. The Morgan fingerprint density at radius 3 is 2.43 bits per heavy atom. The summed E-state index contributed by atoms with van der Waals surface area (Å²) in [5, 5.41) is 31.0. The van der Waals surface area contributed by atoms with Crippen LogP contribution >= 0.6 is 23.7 Å². The van der Waals surface area contributed by atoms with Gasteiger partial charge in [-0.1, -0.05) is 63.1 Å². The minimum atomic E-state index is -2.10. The van der Waals surface area contributed by atoms with Gasteiger partial charge in [0.25, 0.3) is 0 Å².